The van der Waals surface area contributed by atoms with Crippen LogP contribution in [0.2, 0.25) is 0 Å². The third kappa shape index (κ3) is 2.94. The van der Waals surface area contributed by atoms with Crippen LogP contribution < -0.4 is 14.8 Å². The van der Waals surface area contributed by atoms with Crippen molar-refractivity contribution in [3.63, 3.8) is 0 Å². The van der Waals surface area contributed by atoms with E-state index in [9.17, 15) is 9.18 Å². The van der Waals surface area contributed by atoms with Gasteiger partial charge in [0, 0.05) is 12.1 Å². The fraction of sp³-hybridized carbons (Fsp3) is 0.316. The number of carbonyl (C=O) groups is 1. The monoisotopic (exact) mass is 329 g/mol. The van der Waals surface area contributed by atoms with Crippen LogP contribution in [-0.2, 0) is 16.8 Å². The lowest BCUT2D eigenvalue weighted by Gasteiger charge is -2.18. The molecule has 2 aromatic rings. The Bertz CT molecular complexity index is 756. The van der Waals surface area contributed by atoms with E-state index in [0.29, 0.717) is 17.1 Å². The number of ether oxygens (including phenoxy) is 2. The molecule has 0 heterocycles. The predicted octanol–water partition coefficient (Wildman–Crippen LogP) is 3.19. The second kappa shape index (κ2) is 6.51. The summed E-state index contributed by atoms with van der Waals surface area (Å²) in [7, 11) is 3.14. The first-order valence-electron chi connectivity index (χ1n) is 7.85. The van der Waals surface area contributed by atoms with Crippen LogP contribution in [0.5, 0.6) is 11.5 Å². The summed E-state index contributed by atoms with van der Waals surface area (Å²) in [5.41, 5.74) is 0.824. The predicted molar refractivity (Wildman–Crippen MR) is 88.7 cm³/mol. The van der Waals surface area contributed by atoms with Crippen LogP contribution in [0.25, 0.3) is 0 Å². The molecule has 1 saturated carbocycles. The number of methoxy groups -OCH3 is 2. The first-order valence-corrected chi connectivity index (χ1v) is 7.85. The summed E-state index contributed by atoms with van der Waals surface area (Å²) in [4.78, 5) is 12.7. The van der Waals surface area contributed by atoms with Crippen molar-refractivity contribution in [3.05, 3.63) is 59.4 Å². The van der Waals surface area contributed by atoms with Crippen LogP contribution in [-0.4, -0.2) is 20.1 Å². The van der Waals surface area contributed by atoms with Crippen LogP contribution in [0, 0.1) is 5.82 Å². The standard InChI is InChI=1S/C19H20FNO3/c1-23-16-8-7-14(11-17(16)24-2)19(9-10-19)18(22)21-12-13-5-3-4-6-15(13)20/h3-8,11H,9-10,12H2,1-2H3,(H,21,22). The van der Waals surface area contributed by atoms with Crippen LogP contribution in [0.4, 0.5) is 4.39 Å². The molecular formula is C19H20FNO3. The zero-order valence-electron chi connectivity index (χ0n) is 13.8. The molecule has 24 heavy (non-hydrogen) atoms. The SMILES string of the molecule is COc1ccc(C2(C(=O)NCc3ccccc3F)CC2)cc1OC. The molecule has 0 saturated heterocycles. The van der Waals surface area contributed by atoms with E-state index in [-0.39, 0.29) is 18.3 Å². The summed E-state index contributed by atoms with van der Waals surface area (Å²) in [6.07, 6.45) is 1.54. The number of hydrogen-bond acceptors (Lipinski definition) is 3. The number of hydrogen-bond donors (Lipinski definition) is 1. The van der Waals surface area contributed by atoms with E-state index in [1.807, 2.05) is 12.1 Å². The van der Waals surface area contributed by atoms with E-state index in [1.54, 1.807) is 38.5 Å². The maximum Gasteiger partial charge on any atom is 0.230 e. The van der Waals surface area contributed by atoms with Crippen LogP contribution >= 0.6 is 0 Å². The van der Waals surface area contributed by atoms with E-state index in [4.69, 9.17) is 9.47 Å². The summed E-state index contributed by atoms with van der Waals surface area (Å²) >= 11 is 0. The van der Waals surface area contributed by atoms with Gasteiger partial charge in [0.15, 0.2) is 11.5 Å². The molecule has 0 unspecified atom stereocenters. The van der Waals surface area contributed by atoms with Gasteiger partial charge in [0.05, 0.1) is 19.6 Å². The van der Waals surface area contributed by atoms with Gasteiger partial charge in [-0.1, -0.05) is 24.3 Å². The van der Waals surface area contributed by atoms with Gasteiger partial charge in [-0.2, -0.15) is 0 Å². The van der Waals surface area contributed by atoms with Gasteiger partial charge in [0.1, 0.15) is 5.82 Å². The van der Waals surface area contributed by atoms with Gasteiger partial charge in [-0.25, -0.2) is 4.39 Å². The van der Waals surface area contributed by atoms with E-state index in [0.717, 1.165) is 18.4 Å². The highest BCUT2D eigenvalue weighted by atomic mass is 19.1. The Morgan fingerprint density at radius 3 is 2.46 bits per heavy atom. The second-order valence-electron chi connectivity index (χ2n) is 5.93. The van der Waals surface area contributed by atoms with Gasteiger partial charge < -0.3 is 14.8 Å². The van der Waals surface area contributed by atoms with Crippen molar-refractivity contribution in [1.82, 2.24) is 5.32 Å². The first kappa shape index (κ1) is 16.3. The van der Waals surface area contributed by atoms with Crippen molar-refractivity contribution in [2.45, 2.75) is 24.8 Å². The summed E-state index contributed by atoms with van der Waals surface area (Å²) in [6.45, 7) is 0.181. The van der Waals surface area contributed by atoms with Crippen molar-refractivity contribution in [2.24, 2.45) is 0 Å². The Morgan fingerprint density at radius 1 is 1.12 bits per heavy atom. The zero-order chi connectivity index (χ0) is 17.2. The highest BCUT2D eigenvalue weighted by Gasteiger charge is 2.51. The average molecular weight is 329 g/mol. The topological polar surface area (TPSA) is 47.6 Å². The number of rotatable bonds is 6. The molecule has 0 aliphatic heterocycles. The normalized spacial score (nSPS) is 14.8. The average Bonchev–Trinajstić information content (AvgIpc) is 3.42. The van der Waals surface area contributed by atoms with Crippen LogP contribution in [0.15, 0.2) is 42.5 Å². The maximum absolute atomic E-state index is 13.7. The largest absolute Gasteiger partial charge is 0.493 e. The van der Waals surface area contributed by atoms with Crippen molar-refractivity contribution >= 4 is 5.91 Å². The Morgan fingerprint density at radius 2 is 1.83 bits per heavy atom. The number of benzene rings is 2. The Balaban J connectivity index is 1.76. The second-order valence-corrected chi connectivity index (χ2v) is 5.93. The highest BCUT2D eigenvalue weighted by molar-refractivity contribution is 5.91. The molecule has 0 bridgehead atoms. The molecule has 4 nitrogen and oxygen atoms in total. The molecule has 0 radical (unpaired) electrons. The van der Waals surface area contributed by atoms with E-state index in [1.165, 1.54) is 6.07 Å². The molecule has 0 atom stereocenters. The molecule has 5 heteroatoms. The number of carbonyl (C=O) groups excluding carboxylic acids is 1. The molecule has 1 N–H and O–H groups in total. The van der Waals surface area contributed by atoms with Gasteiger partial charge in [-0.05, 0) is 36.6 Å². The Labute approximate surface area is 140 Å². The van der Waals surface area contributed by atoms with Gasteiger partial charge in [-0.15, -0.1) is 0 Å². The molecular weight excluding hydrogens is 309 g/mol. The molecule has 0 aromatic heterocycles. The summed E-state index contributed by atoms with van der Waals surface area (Å²) in [5, 5.41) is 2.86. The van der Waals surface area contributed by atoms with Crippen LogP contribution in [0.3, 0.4) is 0 Å². The third-order valence-electron chi connectivity index (χ3n) is 4.52. The summed E-state index contributed by atoms with van der Waals surface area (Å²) < 4.78 is 24.2. The van der Waals surface area contributed by atoms with Crippen molar-refractivity contribution < 1.29 is 18.7 Å². The van der Waals surface area contributed by atoms with Gasteiger partial charge in [-0.3, -0.25) is 4.79 Å². The fourth-order valence-electron chi connectivity index (χ4n) is 2.89. The first-order chi connectivity index (χ1) is 11.6. The molecule has 0 spiro atoms. The quantitative estimate of drug-likeness (QED) is 0.885. The molecule has 2 aromatic carbocycles. The smallest absolute Gasteiger partial charge is 0.230 e. The molecule has 3 rings (SSSR count). The minimum atomic E-state index is -0.551. The third-order valence-corrected chi connectivity index (χ3v) is 4.52. The van der Waals surface area contributed by atoms with Crippen molar-refractivity contribution in [1.29, 1.82) is 0 Å². The Kier molecular flexibility index (Phi) is 4.42. The number of amides is 1. The maximum atomic E-state index is 13.7. The van der Waals surface area contributed by atoms with E-state index < -0.39 is 5.41 Å². The minimum Gasteiger partial charge on any atom is -0.493 e. The lowest BCUT2D eigenvalue weighted by atomic mass is 9.94. The number of nitrogens with one attached hydrogen (secondary N) is 1. The lowest BCUT2D eigenvalue weighted by molar-refractivity contribution is -0.123. The molecule has 1 amide bonds. The van der Waals surface area contributed by atoms with Crippen LogP contribution in [0.1, 0.15) is 24.0 Å². The van der Waals surface area contributed by atoms with Gasteiger partial charge >= 0.3 is 0 Å². The van der Waals surface area contributed by atoms with E-state index >= 15 is 0 Å². The lowest BCUT2D eigenvalue weighted by Crippen LogP contribution is -2.34. The molecule has 1 aliphatic carbocycles. The fourth-order valence-corrected chi connectivity index (χ4v) is 2.89. The zero-order valence-corrected chi connectivity index (χ0v) is 13.8. The summed E-state index contributed by atoms with van der Waals surface area (Å²) in [5.74, 6) is 0.832. The van der Waals surface area contributed by atoms with E-state index in [2.05, 4.69) is 5.32 Å². The summed E-state index contributed by atoms with van der Waals surface area (Å²) in [6, 6.07) is 12.0. The Hall–Kier alpha value is -2.56. The van der Waals surface area contributed by atoms with Gasteiger partial charge in [0.25, 0.3) is 0 Å². The van der Waals surface area contributed by atoms with Crippen molar-refractivity contribution in [2.75, 3.05) is 14.2 Å². The molecule has 126 valence electrons. The molecule has 1 fully saturated rings. The van der Waals surface area contributed by atoms with Crippen molar-refractivity contribution in [3.8, 4) is 11.5 Å². The minimum absolute atomic E-state index is 0.0852. The highest BCUT2D eigenvalue weighted by Crippen LogP contribution is 2.50. The van der Waals surface area contributed by atoms with Gasteiger partial charge in [0.2, 0.25) is 5.91 Å². The number of halogens is 1. The molecule has 1 aliphatic rings.